The zero-order valence-electron chi connectivity index (χ0n) is 13.7. The smallest absolute Gasteiger partial charge is 0.254 e. The van der Waals surface area contributed by atoms with Crippen LogP contribution in [0.25, 0.3) is 0 Å². The molecule has 1 N–H and O–H groups in total. The maximum absolute atomic E-state index is 13.5. The third-order valence-electron chi connectivity index (χ3n) is 4.47. The number of Topliss-reactive ketones (excluding diaryl/α,β-unsaturated/α-hetero) is 1. The lowest BCUT2D eigenvalue weighted by Crippen LogP contribution is -2.33. The molecule has 6 heteroatoms. The minimum absolute atomic E-state index is 0.0185. The third-order valence-corrected chi connectivity index (χ3v) is 4.47. The number of phenols is 1. The van der Waals surface area contributed by atoms with E-state index in [4.69, 9.17) is 5.11 Å². The zero-order valence-corrected chi connectivity index (χ0v) is 13.7. The van der Waals surface area contributed by atoms with Crippen molar-refractivity contribution >= 4 is 11.7 Å². The number of hydrogen-bond donors (Lipinski definition) is 1. The molecule has 1 heterocycles. The maximum atomic E-state index is 13.5. The van der Waals surface area contributed by atoms with Gasteiger partial charge in [0, 0.05) is 24.2 Å². The van der Waals surface area contributed by atoms with Crippen LogP contribution in [0.1, 0.15) is 38.8 Å². The van der Waals surface area contributed by atoms with Crippen LogP contribution in [0.4, 0.5) is 8.78 Å². The first-order valence-corrected chi connectivity index (χ1v) is 7.97. The Morgan fingerprint density at radius 2 is 1.56 bits per heavy atom. The molecule has 0 spiro atoms. The number of aromatic hydroxyl groups is 1. The Kier molecular flexibility index (Phi) is 4.53. The molecule has 0 fully saturated rings. The predicted molar refractivity (Wildman–Crippen MR) is 87.8 cm³/mol. The Morgan fingerprint density at radius 1 is 0.960 bits per heavy atom. The SMILES string of the molecule is CC(=O)c1ccc2c(c1)CCN(C(=O)c1cc(F)c(O)c(F)c1)CC2. The lowest BCUT2D eigenvalue weighted by atomic mass is 9.99. The standard InChI is InChI=1S/C19H17F2NO3/c1-11(23)13-3-2-12-4-6-22(7-5-14(12)8-13)19(25)15-9-16(20)18(24)17(21)10-15/h2-3,8-10,24H,4-7H2,1H3. The van der Waals surface area contributed by atoms with Gasteiger partial charge in [-0.25, -0.2) is 8.78 Å². The second kappa shape index (κ2) is 6.63. The summed E-state index contributed by atoms with van der Waals surface area (Å²) in [5.41, 5.74) is 2.55. The van der Waals surface area contributed by atoms with Crippen LogP contribution < -0.4 is 0 Å². The molecule has 0 unspecified atom stereocenters. The molecular weight excluding hydrogens is 328 g/mol. The van der Waals surface area contributed by atoms with Crippen LogP contribution in [0.5, 0.6) is 5.75 Å². The third kappa shape index (κ3) is 3.38. The van der Waals surface area contributed by atoms with Crippen LogP contribution in [-0.4, -0.2) is 34.8 Å². The summed E-state index contributed by atoms with van der Waals surface area (Å²) in [5, 5.41) is 9.15. The van der Waals surface area contributed by atoms with Gasteiger partial charge in [0.15, 0.2) is 23.2 Å². The van der Waals surface area contributed by atoms with Crippen LogP contribution in [0, 0.1) is 11.6 Å². The van der Waals surface area contributed by atoms with Crippen molar-refractivity contribution < 1.29 is 23.5 Å². The summed E-state index contributed by atoms with van der Waals surface area (Å²) in [7, 11) is 0. The highest BCUT2D eigenvalue weighted by Crippen LogP contribution is 2.24. The van der Waals surface area contributed by atoms with Gasteiger partial charge in [0.25, 0.3) is 5.91 Å². The van der Waals surface area contributed by atoms with E-state index in [1.807, 2.05) is 12.1 Å². The number of rotatable bonds is 2. The van der Waals surface area contributed by atoms with Crippen molar-refractivity contribution in [3.63, 3.8) is 0 Å². The highest BCUT2D eigenvalue weighted by molar-refractivity contribution is 5.95. The van der Waals surface area contributed by atoms with E-state index in [0.717, 1.165) is 23.3 Å². The van der Waals surface area contributed by atoms with Gasteiger partial charge in [-0.2, -0.15) is 0 Å². The van der Waals surface area contributed by atoms with E-state index in [1.165, 1.54) is 11.8 Å². The molecule has 0 atom stereocenters. The van der Waals surface area contributed by atoms with E-state index in [2.05, 4.69) is 0 Å². The van der Waals surface area contributed by atoms with Crippen LogP contribution in [0.2, 0.25) is 0 Å². The molecule has 0 radical (unpaired) electrons. The minimum Gasteiger partial charge on any atom is -0.503 e. The van der Waals surface area contributed by atoms with E-state index >= 15 is 0 Å². The van der Waals surface area contributed by atoms with Crippen molar-refractivity contribution in [2.24, 2.45) is 0 Å². The van der Waals surface area contributed by atoms with Gasteiger partial charge in [-0.05, 0) is 49.1 Å². The highest BCUT2D eigenvalue weighted by atomic mass is 19.1. The number of halogens is 2. The molecule has 4 nitrogen and oxygen atoms in total. The topological polar surface area (TPSA) is 57.6 Å². The summed E-state index contributed by atoms with van der Waals surface area (Å²) in [6, 6.07) is 7.17. The average molecular weight is 345 g/mol. The summed E-state index contributed by atoms with van der Waals surface area (Å²) in [6.07, 6.45) is 1.16. The maximum Gasteiger partial charge on any atom is 0.254 e. The fraction of sp³-hybridized carbons (Fsp3) is 0.263. The molecule has 0 aromatic heterocycles. The van der Waals surface area contributed by atoms with E-state index in [-0.39, 0.29) is 11.3 Å². The average Bonchev–Trinajstić information content (AvgIpc) is 2.80. The van der Waals surface area contributed by atoms with Crippen LogP contribution in [0.3, 0.4) is 0 Å². The molecule has 3 rings (SSSR count). The molecule has 0 saturated carbocycles. The van der Waals surface area contributed by atoms with Gasteiger partial charge < -0.3 is 10.0 Å². The summed E-state index contributed by atoms with van der Waals surface area (Å²) < 4.78 is 27.0. The first-order chi connectivity index (χ1) is 11.9. The molecule has 1 aliphatic heterocycles. The Bertz CT molecular complexity index is 841. The molecule has 130 valence electrons. The Morgan fingerprint density at radius 3 is 2.16 bits per heavy atom. The van der Waals surface area contributed by atoms with Gasteiger partial charge in [-0.1, -0.05) is 12.1 Å². The number of carbonyl (C=O) groups is 2. The number of ketones is 1. The molecule has 2 aromatic carbocycles. The Labute approximate surface area is 143 Å². The molecule has 0 aliphatic carbocycles. The van der Waals surface area contributed by atoms with Gasteiger partial charge in [0.2, 0.25) is 0 Å². The Balaban J connectivity index is 1.82. The molecule has 1 aliphatic rings. The van der Waals surface area contributed by atoms with Crippen molar-refractivity contribution in [1.29, 1.82) is 0 Å². The van der Waals surface area contributed by atoms with Gasteiger partial charge in [0.1, 0.15) is 0 Å². The van der Waals surface area contributed by atoms with Crippen LogP contribution in [0.15, 0.2) is 30.3 Å². The van der Waals surface area contributed by atoms with Crippen LogP contribution >= 0.6 is 0 Å². The quantitative estimate of drug-likeness (QED) is 0.851. The normalized spacial score (nSPS) is 14.0. The van der Waals surface area contributed by atoms with Gasteiger partial charge >= 0.3 is 0 Å². The highest BCUT2D eigenvalue weighted by Gasteiger charge is 2.22. The number of carbonyl (C=O) groups excluding carboxylic acids is 2. The van der Waals surface area contributed by atoms with E-state index in [1.54, 1.807) is 6.07 Å². The van der Waals surface area contributed by atoms with Crippen LogP contribution in [-0.2, 0) is 12.8 Å². The number of nitrogens with zero attached hydrogens (tertiary/aromatic N) is 1. The fourth-order valence-electron chi connectivity index (χ4n) is 3.02. The summed E-state index contributed by atoms with van der Waals surface area (Å²) in [5.74, 6) is -3.91. The predicted octanol–water partition coefficient (Wildman–Crippen LogP) is 3.11. The number of benzene rings is 2. The Hall–Kier alpha value is -2.76. The van der Waals surface area contributed by atoms with Crippen molar-refractivity contribution in [3.05, 3.63) is 64.2 Å². The first-order valence-electron chi connectivity index (χ1n) is 7.97. The van der Waals surface area contributed by atoms with Crippen molar-refractivity contribution in [2.45, 2.75) is 19.8 Å². The van der Waals surface area contributed by atoms with Gasteiger partial charge in [0.05, 0.1) is 0 Å². The minimum atomic E-state index is -1.16. The molecule has 0 saturated heterocycles. The van der Waals surface area contributed by atoms with E-state index in [9.17, 15) is 18.4 Å². The molecule has 25 heavy (non-hydrogen) atoms. The van der Waals surface area contributed by atoms with Gasteiger partial charge in [-0.3, -0.25) is 9.59 Å². The molecule has 0 bridgehead atoms. The number of amides is 1. The zero-order chi connectivity index (χ0) is 18.1. The van der Waals surface area contributed by atoms with E-state index in [0.29, 0.717) is 31.5 Å². The number of hydrogen-bond acceptors (Lipinski definition) is 3. The monoisotopic (exact) mass is 345 g/mol. The molecule has 1 amide bonds. The van der Waals surface area contributed by atoms with Crippen molar-refractivity contribution in [1.82, 2.24) is 4.90 Å². The number of phenolic OH excluding ortho intramolecular Hbond substituents is 1. The fourth-order valence-corrected chi connectivity index (χ4v) is 3.02. The van der Waals surface area contributed by atoms with Gasteiger partial charge in [-0.15, -0.1) is 0 Å². The molecular formula is C19H17F2NO3. The second-order valence-corrected chi connectivity index (χ2v) is 6.12. The number of fused-ring (bicyclic) bond motifs is 1. The van der Waals surface area contributed by atoms with E-state index < -0.39 is 23.3 Å². The molecule has 2 aromatic rings. The second-order valence-electron chi connectivity index (χ2n) is 6.12. The summed E-state index contributed by atoms with van der Waals surface area (Å²) in [6.45, 7) is 2.30. The summed E-state index contributed by atoms with van der Waals surface area (Å²) >= 11 is 0. The van der Waals surface area contributed by atoms with Crippen molar-refractivity contribution in [2.75, 3.05) is 13.1 Å². The summed E-state index contributed by atoms with van der Waals surface area (Å²) in [4.78, 5) is 25.6. The van der Waals surface area contributed by atoms with Crippen molar-refractivity contribution in [3.8, 4) is 5.75 Å². The first kappa shape index (κ1) is 17.1. The largest absolute Gasteiger partial charge is 0.503 e. The lowest BCUT2D eigenvalue weighted by Gasteiger charge is -2.20. The lowest BCUT2D eigenvalue weighted by molar-refractivity contribution is 0.0761.